The van der Waals surface area contributed by atoms with Gasteiger partial charge < -0.3 is 4.74 Å². The van der Waals surface area contributed by atoms with Crippen LogP contribution in [0.3, 0.4) is 0 Å². The van der Waals surface area contributed by atoms with Crippen LogP contribution in [0.25, 0.3) is 21.9 Å². The molecule has 0 N–H and O–H groups in total. The fourth-order valence-electron chi connectivity index (χ4n) is 2.64. The van der Waals surface area contributed by atoms with Crippen LogP contribution in [0.15, 0.2) is 60.7 Å². The smallest absolute Gasteiger partial charge is 0.352 e. The molecule has 0 aromatic heterocycles. The molecule has 0 aliphatic carbocycles. The van der Waals surface area contributed by atoms with Crippen molar-refractivity contribution in [1.82, 2.24) is 0 Å². The topological polar surface area (TPSA) is 9.23 Å². The zero-order valence-corrected chi connectivity index (χ0v) is 13.5. The lowest BCUT2D eigenvalue weighted by atomic mass is 9.98. The van der Waals surface area contributed by atoms with Crippen LogP contribution in [0.1, 0.15) is 18.1 Å². The fraction of sp³-hybridized carbons (Fsp3) is 0.143. The molecule has 0 amide bonds. The summed E-state index contributed by atoms with van der Waals surface area (Å²) in [7, 11) is 0. The lowest BCUT2D eigenvalue weighted by Crippen LogP contribution is -2.08. The third-order valence-electron chi connectivity index (χ3n) is 3.93. The minimum Gasteiger partial charge on any atom is -0.352 e. The molecule has 0 bridgehead atoms. The molecule has 0 saturated heterocycles. The van der Waals surface area contributed by atoms with E-state index in [-0.39, 0.29) is 0 Å². The molecule has 0 saturated carbocycles. The largest absolute Gasteiger partial charge is 0.581 e. The van der Waals surface area contributed by atoms with Gasteiger partial charge in [0.05, 0.1) is 0 Å². The first kappa shape index (κ1) is 16.9. The van der Waals surface area contributed by atoms with Crippen LogP contribution < -0.4 is 0 Å². The van der Waals surface area contributed by atoms with Crippen LogP contribution in [-0.2, 0) is 11.2 Å². The van der Waals surface area contributed by atoms with Crippen LogP contribution in [0, 0.1) is 12.0 Å². The summed E-state index contributed by atoms with van der Waals surface area (Å²) in [4.78, 5) is 0. The predicted octanol–water partition coefficient (Wildman–Crippen LogP) is 5.91. The average Bonchev–Trinajstić information content (AvgIpc) is 2.60. The number of halogens is 3. The van der Waals surface area contributed by atoms with E-state index in [0.29, 0.717) is 5.56 Å². The molecule has 0 atom stereocenters. The van der Waals surface area contributed by atoms with Crippen molar-refractivity contribution >= 4 is 10.8 Å². The highest BCUT2D eigenvalue weighted by Gasteiger charge is 2.29. The van der Waals surface area contributed by atoms with Gasteiger partial charge in [0.1, 0.15) is 6.11 Å². The zero-order valence-electron chi connectivity index (χ0n) is 13.5. The number of hydrogen-bond donors (Lipinski definition) is 0. The highest BCUT2D eigenvalue weighted by Crippen LogP contribution is 2.26. The van der Waals surface area contributed by atoms with Gasteiger partial charge in [0.2, 0.25) is 0 Å². The third kappa shape index (κ3) is 4.13. The second-order valence-corrected chi connectivity index (χ2v) is 5.57. The van der Waals surface area contributed by atoms with Crippen molar-refractivity contribution in [1.29, 1.82) is 0 Å². The number of ether oxygens (including phenoxy) is 1. The van der Waals surface area contributed by atoms with Gasteiger partial charge in [0.25, 0.3) is 0 Å². The SMILES string of the molecule is CCc1ccc(-c2ccc3c(C#COC(F)(F)F)cccc3c2)cc1. The Hall–Kier alpha value is -2.93. The second kappa shape index (κ2) is 6.90. The zero-order chi connectivity index (χ0) is 17.9. The van der Waals surface area contributed by atoms with Gasteiger partial charge in [-0.2, -0.15) is 0 Å². The van der Waals surface area contributed by atoms with E-state index in [1.54, 1.807) is 18.2 Å². The Bertz CT molecular complexity index is 945. The summed E-state index contributed by atoms with van der Waals surface area (Å²) < 4.78 is 39.7. The molecule has 3 rings (SSSR count). The molecule has 1 nitrogen and oxygen atoms in total. The van der Waals surface area contributed by atoms with Crippen LogP contribution >= 0.6 is 0 Å². The average molecular weight is 340 g/mol. The maximum Gasteiger partial charge on any atom is 0.581 e. The molecule has 0 radical (unpaired) electrons. The molecule has 4 heteroatoms. The summed E-state index contributed by atoms with van der Waals surface area (Å²) in [5, 5.41) is 1.70. The van der Waals surface area contributed by atoms with Gasteiger partial charge in [-0.05, 0) is 51.9 Å². The third-order valence-corrected chi connectivity index (χ3v) is 3.93. The summed E-state index contributed by atoms with van der Waals surface area (Å²) in [5.74, 6) is 2.43. The molecule has 3 aromatic rings. The Morgan fingerprint density at radius 3 is 2.32 bits per heavy atom. The second-order valence-electron chi connectivity index (χ2n) is 5.57. The van der Waals surface area contributed by atoms with Gasteiger partial charge in [-0.25, -0.2) is 0 Å². The van der Waals surface area contributed by atoms with Crippen molar-refractivity contribution in [3.63, 3.8) is 0 Å². The van der Waals surface area contributed by atoms with Gasteiger partial charge in [0.15, 0.2) is 0 Å². The van der Waals surface area contributed by atoms with Crippen molar-refractivity contribution in [2.45, 2.75) is 19.7 Å². The molecule has 0 heterocycles. The van der Waals surface area contributed by atoms with Crippen molar-refractivity contribution in [2.24, 2.45) is 0 Å². The summed E-state index contributed by atoms with van der Waals surface area (Å²) >= 11 is 0. The lowest BCUT2D eigenvalue weighted by molar-refractivity contribution is -0.291. The monoisotopic (exact) mass is 340 g/mol. The highest BCUT2D eigenvalue weighted by molar-refractivity contribution is 5.91. The lowest BCUT2D eigenvalue weighted by Gasteiger charge is -2.07. The maximum atomic E-state index is 12.0. The minimum absolute atomic E-state index is 0.495. The van der Waals surface area contributed by atoms with Crippen molar-refractivity contribution < 1.29 is 17.9 Å². The Morgan fingerprint density at radius 1 is 0.920 bits per heavy atom. The molecule has 25 heavy (non-hydrogen) atoms. The Morgan fingerprint density at radius 2 is 1.64 bits per heavy atom. The minimum atomic E-state index is -4.75. The molecule has 0 aliphatic heterocycles. The number of rotatable bonds is 2. The molecular weight excluding hydrogens is 325 g/mol. The van der Waals surface area contributed by atoms with E-state index in [1.165, 1.54) is 5.56 Å². The van der Waals surface area contributed by atoms with Crippen molar-refractivity contribution in [3.05, 3.63) is 71.8 Å². The number of hydrogen-bond acceptors (Lipinski definition) is 1. The first-order valence-corrected chi connectivity index (χ1v) is 7.84. The normalized spacial score (nSPS) is 11.0. The summed E-state index contributed by atoms with van der Waals surface area (Å²) in [6.45, 7) is 2.11. The standard InChI is InChI=1S/C21H15F3O/c1-2-15-6-8-16(9-7-15)18-10-11-20-17(4-3-5-19(20)14-18)12-13-25-21(22,23)24/h3-11,14H,2H2,1H3. The Kier molecular flexibility index (Phi) is 4.67. The number of benzene rings is 3. The number of aryl methyl sites for hydroxylation is 1. The van der Waals surface area contributed by atoms with Gasteiger partial charge in [-0.1, -0.05) is 55.5 Å². The van der Waals surface area contributed by atoms with Crippen molar-refractivity contribution in [3.8, 4) is 23.2 Å². The van der Waals surface area contributed by atoms with Crippen molar-refractivity contribution in [2.75, 3.05) is 0 Å². The Labute approximate surface area is 144 Å². The number of alkyl halides is 3. The van der Waals surface area contributed by atoms with Gasteiger partial charge in [-0.15, -0.1) is 13.2 Å². The van der Waals surface area contributed by atoms with E-state index in [9.17, 15) is 13.2 Å². The van der Waals surface area contributed by atoms with E-state index in [2.05, 4.69) is 41.8 Å². The predicted molar refractivity (Wildman–Crippen MR) is 92.8 cm³/mol. The summed E-state index contributed by atoms with van der Waals surface area (Å²) in [5.41, 5.74) is 3.91. The maximum absolute atomic E-state index is 12.0. The Balaban J connectivity index is 1.96. The first-order chi connectivity index (χ1) is 12.0. The van der Waals surface area contributed by atoms with Crippen LogP contribution in [0.5, 0.6) is 0 Å². The van der Waals surface area contributed by atoms with Crippen LogP contribution in [0.4, 0.5) is 13.2 Å². The van der Waals surface area contributed by atoms with E-state index in [0.717, 1.165) is 28.3 Å². The molecule has 0 aliphatic rings. The van der Waals surface area contributed by atoms with E-state index < -0.39 is 6.36 Å². The highest BCUT2D eigenvalue weighted by atomic mass is 19.4. The molecule has 0 unspecified atom stereocenters. The van der Waals surface area contributed by atoms with Gasteiger partial charge >= 0.3 is 6.36 Å². The first-order valence-electron chi connectivity index (χ1n) is 7.84. The molecular formula is C21H15F3O. The van der Waals surface area contributed by atoms with Gasteiger partial charge in [-0.3, -0.25) is 0 Å². The molecule has 0 fully saturated rings. The van der Waals surface area contributed by atoms with Crippen LogP contribution in [0.2, 0.25) is 0 Å². The van der Waals surface area contributed by atoms with Gasteiger partial charge in [0, 0.05) is 5.56 Å². The molecule has 0 spiro atoms. The molecule has 126 valence electrons. The fourth-order valence-corrected chi connectivity index (χ4v) is 2.64. The molecule has 3 aromatic carbocycles. The van der Waals surface area contributed by atoms with E-state index in [4.69, 9.17) is 0 Å². The van der Waals surface area contributed by atoms with Crippen LogP contribution in [-0.4, -0.2) is 6.36 Å². The quantitative estimate of drug-likeness (QED) is 0.527. The number of fused-ring (bicyclic) bond motifs is 1. The summed E-state index contributed by atoms with van der Waals surface area (Å²) in [6.07, 6.45) is -2.05. The summed E-state index contributed by atoms with van der Waals surface area (Å²) in [6, 6.07) is 19.5. The van der Waals surface area contributed by atoms with E-state index in [1.807, 2.05) is 24.3 Å². The van der Waals surface area contributed by atoms with E-state index >= 15 is 0 Å².